The van der Waals surface area contributed by atoms with E-state index in [4.69, 9.17) is 4.74 Å². The Labute approximate surface area is 76.5 Å². The smallest absolute Gasteiger partial charge is 0.0519 e. The second kappa shape index (κ2) is 4.86. The Morgan fingerprint density at radius 1 is 1.25 bits per heavy atom. The summed E-state index contributed by atoms with van der Waals surface area (Å²) in [5, 5.41) is 0. The summed E-state index contributed by atoms with van der Waals surface area (Å²) in [6, 6.07) is 0. The predicted octanol–water partition coefficient (Wildman–Crippen LogP) is 3.24. The third-order valence-corrected chi connectivity index (χ3v) is 2.93. The molecule has 0 radical (unpaired) electrons. The van der Waals surface area contributed by atoms with Crippen molar-refractivity contribution in [2.45, 2.75) is 52.6 Å². The van der Waals surface area contributed by atoms with Crippen molar-refractivity contribution < 1.29 is 4.74 Å². The van der Waals surface area contributed by atoms with Gasteiger partial charge >= 0.3 is 0 Å². The molecule has 1 aliphatic carbocycles. The molecule has 1 saturated carbocycles. The van der Waals surface area contributed by atoms with Crippen LogP contribution < -0.4 is 0 Å². The molecule has 0 aromatic rings. The van der Waals surface area contributed by atoms with Crippen molar-refractivity contribution in [2.24, 2.45) is 11.8 Å². The minimum Gasteiger partial charge on any atom is -0.378 e. The van der Waals surface area contributed by atoms with Gasteiger partial charge in [0.25, 0.3) is 0 Å². The molecule has 0 aromatic heterocycles. The van der Waals surface area contributed by atoms with Crippen LogP contribution in [0.1, 0.15) is 46.5 Å². The summed E-state index contributed by atoms with van der Waals surface area (Å²) in [6.07, 6.45) is 6.04. The van der Waals surface area contributed by atoms with Gasteiger partial charge in [-0.15, -0.1) is 0 Å². The lowest BCUT2D eigenvalue weighted by Gasteiger charge is -2.29. The fraction of sp³-hybridized carbons (Fsp3) is 1.00. The quantitative estimate of drug-likeness (QED) is 0.632. The zero-order valence-corrected chi connectivity index (χ0v) is 8.68. The third-order valence-electron chi connectivity index (χ3n) is 2.93. The normalized spacial score (nSPS) is 31.0. The summed E-state index contributed by atoms with van der Waals surface area (Å²) in [4.78, 5) is 0. The maximum Gasteiger partial charge on any atom is 0.0519 e. The molecule has 0 N–H and O–H groups in total. The second-order valence-corrected chi connectivity index (χ2v) is 4.40. The van der Waals surface area contributed by atoms with Crippen LogP contribution in [-0.4, -0.2) is 12.7 Å². The molecule has 0 aliphatic heterocycles. The van der Waals surface area contributed by atoms with Crippen molar-refractivity contribution in [1.82, 2.24) is 0 Å². The average Bonchev–Trinajstić information content (AvgIpc) is 2.03. The van der Waals surface area contributed by atoms with Crippen LogP contribution in [-0.2, 0) is 4.74 Å². The topological polar surface area (TPSA) is 9.23 Å². The lowest BCUT2D eigenvalue weighted by Crippen LogP contribution is -2.23. The molecule has 1 aliphatic rings. The van der Waals surface area contributed by atoms with E-state index >= 15 is 0 Å². The second-order valence-electron chi connectivity index (χ2n) is 4.40. The van der Waals surface area contributed by atoms with Gasteiger partial charge in [0, 0.05) is 6.61 Å². The van der Waals surface area contributed by atoms with Gasteiger partial charge in [-0.3, -0.25) is 0 Å². The molecular formula is C11H22O. The van der Waals surface area contributed by atoms with E-state index in [0.29, 0.717) is 6.10 Å². The number of hydrogen-bond donors (Lipinski definition) is 0. The van der Waals surface area contributed by atoms with Crippen LogP contribution in [0.15, 0.2) is 0 Å². The monoisotopic (exact) mass is 170 g/mol. The summed E-state index contributed by atoms with van der Waals surface area (Å²) < 4.78 is 5.65. The summed E-state index contributed by atoms with van der Waals surface area (Å²) in [5.74, 6) is 1.72. The minimum atomic E-state index is 0.402. The van der Waals surface area contributed by atoms with Crippen molar-refractivity contribution >= 4 is 0 Å². The van der Waals surface area contributed by atoms with Crippen LogP contribution in [0.2, 0.25) is 0 Å². The summed E-state index contributed by atoms with van der Waals surface area (Å²) >= 11 is 0. The number of hydrogen-bond acceptors (Lipinski definition) is 1. The maximum atomic E-state index is 5.65. The molecule has 0 unspecified atom stereocenters. The lowest BCUT2D eigenvalue weighted by atomic mass is 9.81. The molecule has 1 fully saturated rings. The Balaban J connectivity index is 2.20. The van der Waals surface area contributed by atoms with Crippen LogP contribution in [0.5, 0.6) is 0 Å². The highest BCUT2D eigenvalue weighted by Crippen LogP contribution is 2.29. The van der Waals surface area contributed by atoms with E-state index < -0.39 is 0 Å². The van der Waals surface area contributed by atoms with E-state index in [2.05, 4.69) is 20.8 Å². The van der Waals surface area contributed by atoms with Crippen LogP contribution >= 0.6 is 0 Å². The molecule has 0 bridgehead atoms. The molecule has 1 rings (SSSR count). The van der Waals surface area contributed by atoms with E-state index in [0.717, 1.165) is 18.4 Å². The van der Waals surface area contributed by atoms with Crippen molar-refractivity contribution in [3.05, 3.63) is 0 Å². The number of ether oxygens (including phenoxy) is 1. The van der Waals surface area contributed by atoms with Crippen LogP contribution in [0, 0.1) is 11.8 Å². The zero-order chi connectivity index (χ0) is 8.97. The van der Waals surface area contributed by atoms with Gasteiger partial charge in [0.2, 0.25) is 0 Å². The summed E-state index contributed by atoms with van der Waals surface area (Å²) in [7, 11) is 0. The summed E-state index contributed by atoms with van der Waals surface area (Å²) in [6.45, 7) is 7.59. The SMILES string of the molecule is CC(C)OC[C@H]1CCCC[C@@H]1C. The van der Waals surface area contributed by atoms with E-state index in [1.54, 1.807) is 0 Å². The molecule has 0 heterocycles. The van der Waals surface area contributed by atoms with Gasteiger partial charge in [0.05, 0.1) is 6.10 Å². The molecule has 1 heteroatoms. The minimum absolute atomic E-state index is 0.402. The Morgan fingerprint density at radius 2 is 1.92 bits per heavy atom. The molecule has 0 amide bonds. The fourth-order valence-corrected chi connectivity index (χ4v) is 1.96. The molecule has 12 heavy (non-hydrogen) atoms. The Bertz CT molecular complexity index is 120. The highest BCUT2D eigenvalue weighted by atomic mass is 16.5. The van der Waals surface area contributed by atoms with Gasteiger partial charge < -0.3 is 4.74 Å². The lowest BCUT2D eigenvalue weighted by molar-refractivity contribution is 0.0256. The summed E-state index contributed by atoms with van der Waals surface area (Å²) in [5.41, 5.74) is 0. The first kappa shape index (κ1) is 10.0. The van der Waals surface area contributed by atoms with Gasteiger partial charge in [-0.05, 0) is 32.1 Å². The molecule has 1 nitrogen and oxygen atoms in total. The fourth-order valence-electron chi connectivity index (χ4n) is 1.96. The average molecular weight is 170 g/mol. The first-order chi connectivity index (χ1) is 5.70. The Kier molecular flexibility index (Phi) is 4.07. The highest BCUT2D eigenvalue weighted by Gasteiger charge is 2.21. The molecule has 72 valence electrons. The molecule has 0 saturated heterocycles. The Hall–Kier alpha value is -0.0400. The van der Waals surface area contributed by atoms with Crippen molar-refractivity contribution in [1.29, 1.82) is 0 Å². The van der Waals surface area contributed by atoms with Gasteiger partial charge in [-0.25, -0.2) is 0 Å². The van der Waals surface area contributed by atoms with Gasteiger partial charge in [-0.1, -0.05) is 26.2 Å². The maximum absolute atomic E-state index is 5.65. The van der Waals surface area contributed by atoms with Gasteiger partial charge in [0.15, 0.2) is 0 Å². The predicted molar refractivity (Wildman–Crippen MR) is 52.2 cm³/mol. The molecule has 2 atom stereocenters. The van der Waals surface area contributed by atoms with Gasteiger partial charge in [-0.2, -0.15) is 0 Å². The van der Waals surface area contributed by atoms with E-state index in [1.807, 2.05) is 0 Å². The van der Waals surface area contributed by atoms with Crippen molar-refractivity contribution in [3.8, 4) is 0 Å². The number of rotatable bonds is 3. The molecular weight excluding hydrogens is 148 g/mol. The largest absolute Gasteiger partial charge is 0.378 e. The van der Waals surface area contributed by atoms with E-state index in [1.165, 1.54) is 25.7 Å². The van der Waals surface area contributed by atoms with Crippen LogP contribution in [0.4, 0.5) is 0 Å². The highest BCUT2D eigenvalue weighted by molar-refractivity contribution is 4.71. The first-order valence-electron chi connectivity index (χ1n) is 5.31. The van der Waals surface area contributed by atoms with Crippen molar-refractivity contribution in [3.63, 3.8) is 0 Å². The van der Waals surface area contributed by atoms with Crippen molar-refractivity contribution in [2.75, 3.05) is 6.61 Å². The van der Waals surface area contributed by atoms with Gasteiger partial charge in [0.1, 0.15) is 0 Å². The zero-order valence-electron chi connectivity index (χ0n) is 8.68. The third kappa shape index (κ3) is 3.14. The van der Waals surface area contributed by atoms with E-state index in [9.17, 15) is 0 Å². The first-order valence-corrected chi connectivity index (χ1v) is 5.31. The van der Waals surface area contributed by atoms with E-state index in [-0.39, 0.29) is 0 Å². The van der Waals surface area contributed by atoms with Crippen LogP contribution in [0.25, 0.3) is 0 Å². The van der Waals surface area contributed by atoms with Crippen LogP contribution in [0.3, 0.4) is 0 Å². The molecule has 0 aromatic carbocycles. The standard InChI is InChI=1S/C11H22O/c1-9(2)12-8-11-7-5-4-6-10(11)3/h9-11H,4-8H2,1-3H3/t10-,11+/m0/s1. The Morgan fingerprint density at radius 3 is 2.50 bits per heavy atom. The molecule has 0 spiro atoms.